The molecule has 6 heteroatoms. The molecule has 4 nitrogen and oxygen atoms in total. The summed E-state index contributed by atoms with van der Waals surface area (Å²) in [6.45, 7) is 1.69. The van der Waals surface area contributed by atoms with Gasteiger partial charge in [-0.05, 0) is 30.7 Å². The number of thiazole rings is 1. The minimum absolute atomic E-state index is 0.249. The minimum Gasteiger partial charge on any atom is -0.481 e. The third-order valence-electron chi connectivity index (χ3n) is 3.48. The highest BCUT2D eigenvalue weighted by Crippen LogP contribution is 2.22. The molecule has 0 spiro atoms. The summed E-state index contributed by atoms with van der Waals surface area (Å²) >= 11 is 7.38. The van der Waals surface area contributed by atoms with E-state index in [0.717, 1.165) is 11.3 Å². The predicted octanol–water partition coefficient (Wildman–Crippen LogP) is 4.79. The third-order valence-corrected chi connectivity index (χ3v) is 4.63. The van der Waals surface area contributed by atoms with E-state index in [1.165, 1.54) is 16.9 Å². The maximum atomic E-state index is 12.3. The van der Waals surface area contributed by atoms with Crippen molar-refractivity contribution in [3.8, 4) is 5.75 Å². The van der Waals surface area contributed by atoms with Crippen LogP contribution < -0.4 is 10.1 Å². The van der Waals surface area contributed by atoms with Crippen LogP contribution in [-0.4, -0.2) is 17.0 Å². The van der Waals surface area contributed by atoms with Crippen molar-refractivity contribution in [1.82, 2.24) is 4.98 Å². The predicted molar refractivity (Wildman–Crippen MR) is 102 cm³/mol. The lowest BCUT2D eigenvalue weighted by Gasteiger charge is -2.13. The second-order valence-electron chi connectivity index (χ2n) is 5.50. The number of nitrogens with zero attached hydrogens (tertiary/aromatic N) is 1. The summed E-state index contributed by atoms with van der Waals surface area (Å²) in [5.74, 6) is 0.305. The first-order valence-corrected chi connectivity index (χ1v) is 9.01. The van der Waals surface area contributed by atoms with Crippen molar-refractivity contribution in [3.05, 3.63) is 76.3 Å². The maximum Gasteiger partial charge on any atom is 0.266 e. The van der Waals surface area contributed by atoms with Gasteiger partial charge in [0.05, 0.1) is 0 Å². The summed E-state index contributed by atoms with van der Waals surface area (Å²) in [5.41, 5.74) is 1.21. The molecule has 0 fully saturated rings. The number of rotatable bonds is 6. The Morgan fingerprint density at radius 3 is 2.80 bits per heavy atom. The molecule has 0 saturated heterocycles. The molecular formula is C19H17ClN2O2S. The highest BCUT2D eigenvalue weighted by Gasteiger charge is 2.16. The number of amides is 1. The number of aromatic nitrogens is 1. The zero-order valence-corrected chi connectivity index (χ0v) is 15.2. The van der Waals surface area contributed by atoms with Crippen molar-refractivity contribution in [2.45, 2.75) is 19.4 Å². The van der Waals surface area contributed by atoms with Gasteiger partial charge in [-0.15, -0.1) is 11.3 Å². The summed E-state index contributed by atoms with van der Waals surface area (Å²) in [5, 5.41) is 3.93. The first-order valence-electron chi connectivity index (χ1n) is 7.82. The number of benzene rings is 2. The van der Waals surface area contributed by atoms with Crippen molar-refractivity contribution >= 4 is 34.0 Å². The van der Waals surface area contributed by atoms with Gasteiger partial charge < -0.3 is 4.74 Å². The maximum absolute atomic E-state index is 12.3. The Bertz CT molecular complexity index is 851. The number of halogens is 1. The fourth-order valence-corrected chi connectivity index (χ4v) is 3.28. The van der Waals surface area contributed by atoms with Crippen molar-refractivity contribution in [2.75, 3.05) is 5.32 Å². The fourth-order valence-electron chi connectivity index (χ4n) is 2.25. The van der Waals surface area contributed by atoms with Crippen LogP contribution in [0.2, 0.25) is 5.02 Å². The van der Waals surface area contributed by atoms with Gasteiger partial charge >= 0.3 is 0 Å². The Morgan fingerprint density at radius 1 is 1.24 bits per heavy atom. The molecule has 1 atom stereocenters. The average molecular weight is 373 g/mol. The van der Waals surface area contributed by atoms with Gasteiger partial charge in [-0.1, -0.05) is 48.0 Å². The van der Waals surface area contributed by atoms with Crippen LogP contribution >= 0.6 is 22.9 Å². The number of ether oxygens (including phenoxy) is 1. The van der Waals surface area contributed by atoms with Gasteiger partial charge in [0.15, 0.2) is 11.2 Å². The summed E-state index contributed by atoms with van der Waals surface area (Å²) in [6.07, 6.45) is 1.93. The van der Waals surface area contributed by atoms with Crippen molar-refractivity contribution in [2.24, 2.45) is 0 Å². The molecule has 0 aliphatic rings. The standard InChI is InChI=1S/C19H17ClN2O2S/c1-13(24-16-9-5-8-15(20)11-16)18(23)22-19-21-12-17(25-19)10-14-6-3-2-4-7-14/h2-9,11-13H,10H2,1H3,(H,21,22,23). The zero-order chi connectivity index (χ0) is 17.6. The summed E-state index contributed by atoms with van der Waals surface area (Å²) in [6, 6.07) is 17.1. The van der Waals surface area contributed by atoms with E-state index in [0.29, 0.717) is 15.9 Å². The number of carbonyl (C=O) groups excluding carboxylic acids is 1. The second-order valence-corrected chi connectivity index (χ2v) is 7.05. The quantitative estimate of drug-likeness (QED) is 0.676. The van der Waals surface area contributed by atoms with E-state index in [1.54, 1.807) is 37.4 Å². The summed E-state index contributed by atoms with van der Waals surface area (Å²) in [4.78, 5) is 17.6. The van der Waals surface area contributed by atoms with Crippen LogP contribution in [0.5, 0.6) is 5.75 Å². The minimum atomic E-state index is -0.653. The van der Waals surface area contributed by atoms with Gasteiger partial charge in [0.25, 0.3) is 5.91 Å². The van der Waals surface area contributed by atoms with E-state index in [1.807, 2.05) is 18.2 Å². The highest BCUT2D eigenvalue weighted by atomic mass is 35.5. The normalized spacial score (nSPS) is 11.8. The number of hydrogen-bond donors (Lipinski definition) is 1. The smallest absolute Gasteiger partial charge is 0.266 e. The summed E-state index contributed by atoms with van der Waals surface area (Å²) < 4.78 is 5.61. The van der Waals surface area contributed by atoms with Gasteiger partial charge in [-0.25, -0.2) is 4.98 Å². The zero-order valence-electron chi connectivity index (χ0n) is 13.6. The number of anilines is 1. The molecule has 1 heterocycles. The number of carbonyl (C=O) groups is 1. The molecule has 0 saturated carbocycles. The highest BCUT2D eigenvalue weighted by molar-refractivity contribution is 7.15. The Hall–Kier alpha value is -2.37. The largest absolute Gasteiger partial charge is 0.481 e. The first-order chi connectivity index (χ1) is 12.1. The lowest BCUT2D eigenvalue weighted by Crippen LogP contribution is -2.30. The van der Waals surface area contributed by atoms with Crippen LogP contribution in [0.4, 0.5) is 5.13 Å². The summed E-state index contributed by atoms with van der Waals surface area (Å²) in [7, 11) is 0. The Kier molecular flexibility index (Phi) is 5.68. The molecule has 25 heavy (non-hydrogen) atoms. The molecule has 0 aliphatic carbocycles. The molecule has 1 N–H and O–H groups in total. The molecule has 0 bridgehead atoms. The van der Waals surface area contributed by atoms with Crippen molar-refractivity contribution < 1.29 is 9.53 Å². The van der Waals surface area contributed by atoms with E-state index in [2.05, 4.69) is 22.4 Å². The van der Waals surface area contributed by atoms with E-state index < -0.39 is 6.10 Å². The van der Waals surface area contributed by atoms with Crippen LogP contribution in [0.15, 0.2) is 60.8 Å². The van der Waals surface area contributed by atoms with Crippen molar-refractivity contribution in [3.63, 3.8) is 0 Å². The van der Waals surface area contributed by atoms with Crippen LogP contribution in [0, 0.1) is 0 Å². The van der Waals surface area contributed by atoms with Gasteiger partial charge in [-0.2, -0.15) is 0 Å². The first kappa shape index (κ1) is 17.5. The van der Waals surface area contributed by atoms with Crippen LogP contribution in [-0.2, 0) is 11.2 Å². The topological polar surface area (TPSA) is 51.2 Å². The molecule has 128 valence electrons. The molecule has 0 radical (unpaired) electrons. The molecule has 3 rings (SSSR count). The van der Waals surface area contributed by atoms with Gasteiger partial charge in [0, 0.05) is 22.5 Å². The van der Waals surface area contributed by atoms with Crippen LogP contribution in [0.25, 0.3) is 0 Å². The van der Waals surface area contributed by atoms with Gasteiger partial charge in [0.2, 0.25) is 0 Å². The van der Waals surface area contributed by atoms with Crippen LogP contribution in [0.1, 0.15) is 17.4 Å². The molecule has 1 aromatic heterocycles. The second kappa shape index (κ2) is 8.14. The SMILES string of the molecule is CC(Oc1cccc(Cl)c1)C(=O)Nc1ncc(Cc2ccccc2)s1. The molecule has 1 amide bonds. The number of nitrogens with one attached hydrogen (secondary N) is 1. The Labute approximate surface area is 155 Å². The molecule has 3 aromatic rings. The fraction of sp³-hybridized carbons (Fsp3) is 0.158. The van der Waals surface area contributed by atoms with Crippen molar-refractivity contribution in [1.29, 1.82) is 0 Å². The van der Waals surface area contributed by atoms with E-state index in [4.69, 9.17) is 16.3 Å². The van der Waals surface area contributed by atoms with E-state index in [9.17, 15) is 4.79 Å². The monoisotopic (exact) mass is 372 g/mol. The van der Waals surface area contributed by atoms with Crippen LogP contribution in [0.3, 0.4) is 0 Å². The van der Waals surface area contributed by atoms with Gasteiger partial charge in [-0.3, -0.25) is 10.1 Å². The Morgan fingerprint density at radius 2 is 2.04 bits per heavy atom. The van der Waals surface area contributed by atoms with Gasteiger partial charge in [0.1, 0.15) is 5.75 Å². The third kappa shape index (κ3) is 5.05. The molecule has 2 aromatic carbocycles. The molecule has 0 aliphatic heterocycles. The lowest BCUT2D eigenvalue weighted by molar-refractivity contribution is -0.122. The lowest BCUT2D eigenvalue weighted by atomic mass is 10.1. The number of hydrogen-bond acceptors (Lipinski definition) is 4. The average Bonchev–Trinajstić information content (AvgIpc) is 3.02. The Balaban J connectivity index is 1.57. The molecule has 1 unspecified atom stereocenters. The van der Waals surface area contributed by atoms with E-state index >= 15 is 0 Å². The van der Waals surface area contributed by atoms with E-state index in [-0.39, 0.29) is 5.91 Å². The molecular weight excluding hydrogens is 356 g/mol.